The summed E-state index contributed by atoms with van der Waals surface area (Å²) in [5.74, 6) is 1.35. The fourth-order valence-corrected chi connectivity index (χ4v) is 5.09. The minimum absolute atomic E-state index is 0.0580. The molecule has 1 aromatic carbocycles. The molecule has 1 saturated carbocycles. The predicted molar refractivity (Wildman–Crippen MR) is 122 cm³/mol. The molecule has 0 radical (unpaired) electrons. The van der Waals surface area contributed by atoms with Gasteiger partial charge in [0.2, 0.25) is 0 Å². The Balaban J connectivity index is 1.34. The van der Waals surface area contributed by atoms with Crippen LogP contribution >= 0.6 is 0 Å². The molecule has 31 heavy (non-hydrogen) atoms. The van der Waals surface area contributed by atoms with Crippen LogP contribution in [0.15, 0.2) is 35.3 Å². The smallest absolute Gasteiger partial charge is 0.255 e. The van der Waals surface area contributed by atoms with Gasteiger partial charge in [-0.3, -0.25) is 9.69 Å². The number of para-hydroxylation sites is 1. The number of rotatable bonds is 4. The van der Waals surface area contributed by atoms with Crippen molar-refractivity contribution >= 4 is 0 Å². The van der Waals surface area contributed by atoms with E-state index in [1.807, 2.05) is 16.9 Å². The van der Waals surface area contributed by atoms with Crippen molar-refractivity contribution in [3.63, 3.8) is 0 Å². The quantitative estimate of drug-likeness (QED) is 0.692. The Kier molecular flexibility index (Phi) is 5.48. The van der Waals surface area contributed by atoms with Gasteiger partial charge >= 0.3 is 0 Å². The molecule has 0 spiro atoms. The molecule has 0 bridgehead atoms. The first-order chi connectivity index (χ1) is 15.1. The molecule has 6 nitrogen and oxygen atoms in total. The molecule has 1 aliphatic heterocycles. The Morgan fingerprint density at radius 2 is 1.94 bits per heavy atom. The molecular weight excluding hydrogens is 386 g/mol. The largest absolute Gasteiger partial charge is 0.310 e. The summed E-state index contributed by atoms with van der Waals surface area (Å²) in [5, 5.41) is 4.65. The summed E-state index contributed by atoms with van der Waals surface area (Å²) in [7, 11) is 0. The van der Waals surface area contributed by atoms with Gasteiger partial charge in [0.15, 0.2) is 0 Å². The Bertz CT molecular complexity index is 1140. The maximum Gasteiger partial charge on any atom is 0.255 e. The van der Waals surface area contributed by atoms with Gasteiger partial charge in [-0.15, -0.1) is 0 Å². The molecule has 1 aliphatic carbocycles. The van der Waals surface area contributed by atoms with Gasteiger partial charge in [-0.2, -0.15) is 5.10 Å². The standard InChI is InChI=1S/C25H31N5O/c1-17-8-6-7-11-23(17)30-18(2)20(14-26-30)15-29-13-12-22-21(16-29)25(31)28-24(27-22)19-9-4-3-5-10-19/h6-8,11,14,19H,3-5,9-10,12-13,15-16H2,1-2H3,(H,27,28,31). The van der Waals surface area contributed by atoms with Crippen molar-refractivity contribution in [2.45, 2.75) is 71.4 Å². The van der Waals surface area contributed by atoms with Crippen LogP contribution in [-0.2, 0) is 19.5 Å². The summed E-state index contributed by atoms with van der Waals surface area (Å²) in [5.41, 5.74) is 6.59. The molecule has 0 saturated heterocycles. The van der Waals surface area contributed by atoms with Crippen LogP contribution in [0.2, 0.25) is 0 Å². The summed E-state index contributed by atoms with van der Waals surface area (Å²) in [6.07, 6.45) is 8.90. The second-order valence-electron chi connectivity index (χ2n) is 9.13. The van der Waals surface area contributed by atoms with E-state index in [0.29, 0.717) is 12.5 Å². The van der Waals surface area contributed by atoms with Crippen molar-refractivity contribution in [3.05, 3.63) is 74.7 Å². The summed E-state index contributed by atoms with van der Waals surface area (Å²) >= 11 is 0. The number of nitrogens with one attached hydrogen (secondary N) is 1. The number of hydrogen-bond donors (Lipinski definition) is 1. The molecule has 1 N–H and O–H groups in total. The molecule has 0 amide bonds. The highest BCUT2D eigenvalue weighted by Gasteiger charge is 2.25. The third kappa shape index (κ3) is 3.97. The van der Waals surface area contributed by atoms with E-state index in [9.17, 15) is 4.79 Å². The number of aryl methyl sites for hydroxylation is 1. The first-order valence-electron chi connectivity index (χ1n) is 11.5. The van der Waals surface area contributed by atoms with Crippen LogP contribution in [0.4, 0.5) is 0 Å². The van der Waals surface area contributed by atoms with Crippen LogP contribution in [-0.4, -0.2) is 31.2 Å². The van der Waals surface area contributed by atoms with E-state index in [1.165, 1.54) is 30.4 Å². The van der Waals surface area contributed by atoms with Gasteiger partial charge in [0.05, 0.1) is 23.1 Å². The average Bonchev–Trinajstić information content (AvgIpc) is 3.15. The zero-order chi connectivity index (χ0) is 21.4. The van der Waals surface area contributed by atoms with Crippen molar-refractivity contribution in [3.8, 4) is 5.69 Å². The van der Waals surface area contributed by atoms with E-state index >= 15 is 0 Å². The first-order valence-corrected chi connectivity index (χ1v) is 11.5. The highest BCUT2D eigenvalue weighted by Crippen LogP contribution is 2.31. The minimum atomic E-state index is 0.0580. The molecule has 6 heteroatoms. The lowest BCUT2D eigenvalue weighted by Crippen LogP contribution is -2.36. The Morgan fingerprint density at radius 1 is 1.13 bits per heavy atom. The topological polar surface area (TPSA) is 66.8 Å². The zero-order valence-electron chi connectivity index (χ0n) is 18.5. The van der Waals surface area contributed by atoms with Crippen LogP contribution in [0.3, 0.4) is 0 Å². The van der Waals surface area contributed by atoms with Crippen LogP contribution in [0.1, 0.15) is 71.9 Å². The molecule has 0 unspecified atom stereocenters. The van der Waals surface area contributed by atoms with E-state index in [4.69, 9.17) is 4.98 Å². The fraction of sp³-hybridized carbons (Fsp3) is 0.480. The van der Waals surface area contributed by atoms with Crippen LogP contribution < -0.4 is 5.56 Å². The molecule has 2 aromatic heterocycles. The summed E-state index contributed by atoms with van der Waals surface area (Å²) in [6, 6.07) is 8.31. The first kappa shape index (κ1) is 20.2. The second kappa shape index (κ2) is 8.42. The van der Waals surface area contributed by atoms with Gasteiger partial charge < -0.3 is 4.98 Å². The molecule has 2 aliphatic rings. The maximum absolute atomic E-state index is 12.9. The number of aromatic amines is 1. The number of H-pyrrole nitrogens is 1. The van der Waals surface area contributed by atoms with Crippen LogP contribution in [0.25, 0.3) is 5.69 Å². The molecule has 3 aromatic rings. The molecular formula is C25H31N5O. The van der Waals surface area contributed by atoms with Crippen molar-refractivity contribution in [2.24, 2.45) is 0 Å². The van der Waals surface area contributed by atoms with Crippen molar-refractivity contribution < 1.29 is 0 Å². The molecule has 1 fully saturated rings. The molecule has 3 heterocycles. The third-order valence-corrected chi connectivity index (χ3v) is 7.01. The third-order valence-electron chi connectivity index (χ3n) is 7.01. The molecule has 5 rings (SSSR count). The zero-order valence-corrected chi connectivity index (χ0v) is 18.5. The van der Waals surface area contributed by atoms with E-state index < -0.39 is 0 Å². The number of nitrogens with zero attached hydrogens (tertiary/aromatic N) is 4. The van der Waals surface area contributed by atoms with Crippen LogP contribution in [0.5, 0.6) is 0 Å². The lowest BCUT2D eigenvalue weighted by Gasteiger charge is -2.28. The highest BCUT2D eigenvalue weighted by molar-refractivity contribution is 5.41. The predicted octanol–water partition coefficient (Wildman–Crippen LogP) is 4.18. The summed E-state index contributed by atoms with van der Waals surface area (Å²) in [6.45, 7) is 6.59. The van der Waals surface area contributed by atoms with Gasteiger partial charge in [0, 0.05) is 43.2 Å². The molecule has 162 valence electrons. The molecule has 0 atom stereocenters. The summed E-state index contributed by atoms with van der Waals surface area (Å²) in [4.78, 5) is 23.3. The Labute approximate surface area is 183 Å². The van der Waals surface area contributed by atoms with Gasteiger partial charge in [0.1, 0.15) is 5.82 Å². The maximum atomic E-state index is 12.9. The number of benzene rings is 1. The summed E-state index contributed by atoms with van der Waals surface area (Å²) < 4.78 is 2.02. The van der Waals surface area contributed by atoms with E-state index in [2.05, 4.69) is 47.0 Å². The number of aromatic nitrogens is 4. The van der Waals surface area contributed by atoms with E-state index in [0.717, 1.165) is 60.8 Å². The Morgan fingerprint density at radius 3 is 2.74 bits per heavy atom. The lowest BCUT2D eigenvalue weighted by molar-refractivity contribution is 0.240. The van der Waals surface area contributed by atoms with Crippen LogP contribution in [0, 0.1) is 13.8 Å². The van der Waals surface area contributed by atoms with Crippen molar-refractivity contribution in [1.82, 2.24) is 24.6 Å². The number of hydrogen-bond acceptors (Lipinski definition) is 4. The van der Waals surface area contributed by atoms with Gasteiger partial charge in [-0.05, 0) is 38.3 Å². The van der Waals surface area contributed by atoms with Gasteiger partial charge in [-0.25, -0.2) is 9.67 Å². The number of fused-ring (bicyclic) bond motifs is 1. The van der Waals surface area contributed by atoms with Crippen molar-refractivity contribution in [1.29, 1.82) is 0 Å². The minimum Gasteiger partial charge on any atom is -0.310 e. The SMILES string of the molecule is Cc1ccccc1-n1ncc(CN2CCc3nc(C4CCCCC4)[nH]c(=O)c3C2)c1C. The van der Waals surface area contributed by atoms with E-state index in [-0.39, 0.29) is 5.56 Å². The average molecular weight is 418 g/mol. The highest BCUT2D eigenvalue weighted by atomic mass is 16.1. The monoisotopic (exact) mass is 417 g/mol. The Hall–Kier alpha value is -2.73. The van der Waals surface area contributed by atoms with Gasteiger partial charge in [0.25, 0.3) is 5.56 Å². The lowest BCUT2D eigenvalue weighted by atomic mass is 9.88. The van der Waals surface area contributed by atoms with E-state index in [1.54, 1.807) is 0 Å². The fourth-order valence-electron chi connectivity index (χ4n) is 5.09. The second-order valence-corrected chi connectivity index (χ2v) is 9.13. The van der Waals surface area contributed by atoms with Gasteiger partial charge in [-0.1, -0.05) is 37.5 Å². The normalized spacial score (nSPS) is 17.6. The van der Waals surface area contributed by atoms with Crippen molar-refractivity contribution in [2.75, 3.05) is 6.54 Å².